The Balaban J connectivity index is 1.05. The van der Waals surface area contributed by atoms with Crippen LogP contribution in [-0.4, -0.2) is 42.1 Å². The first-order valence-corrected chi connectivity index (χ1v) is 12.2. The van der Waals surface area contributed by atoms with Crippen molar-refractivity contribution in [2.75, 3.05) is 13.2 Å². The predicted molar refractivity (Wildman–Crippen MR) is 135 cm³/mol. The van der Waals surface area contributed by atoms with Crippen molar-refractivity contribution in [1.82, 2.24) is 10.4 Å². The molecule has 0 bridgehead atoms. The van der Waals surface area contributed by atoms with E-state index in [9.17, 15) is 19.2 Å². The molecule has 0 aromatic heterocycles. The summed E-state index contributed by atoms with van der Waals surface area (Å²) in [5.74, 6) is -2.59. The predicted octanol–water partition coefficient (Wildman–Crippen LogP) is 4.70. The lowest BCUT2D eigenvalue weighted by Crippen LogP contribution is -2.34. The van der Waals surface area contributed by atoms with Gasteiger partial charge >= 0.3 is 12.1 Å². The lowest BCUT2D eigenvalue weighted by Gasteiger charge is -2.16. The maximum atomic E-state index is 12.4. The number of imide groups is 1. The molecule has 0 saturated carbocycles. The number of ether oxygens (including phenoxy) is 1. The van der Waals surface area contributed by atoms with Gasteiger partial charge in [-0.2, -0.15) is 0 Å². The molecule has 3 amide bonds. The van der Waals surface area contributed by atoms with Crippen LogP contribution in [-0.2, 0) is 14.4 Å². The zero-order valence-electron chi connectivity index (χ0n) is 20.3. The molecule has 0 radical (unpaired) electrons. The fourth-order valence-corrected chi connectivity index (χ4v) is 4.80. The van der Waals surface area contributed by atoms with Gasteiger partial charge in [0, 0.05) is 12.5 Å². The lowest BCUT2D eigenvalue weighted by molar-refractivity contribution is -0.173. The highest BCUT2D eigenvalue weighted by Gasteiger charge is 2.39. The van der Waals surface area contributed by atoms with Gasteiger partial charge in [-0.25, -0.2) is 9.59 Å². The Kier molecular flexibility index (Phi) is 6.72. The van der Waals surface area contributed by atoms with E-state index in [-0.39, 0.29) is 23.7 Å². The maximum absolute atomic E-state index is 12.4. The van der Waals surface area contributed by atoms with Crippen molar-refractivity contribution in [3.63, 3.8) is 0 Å². The third-order valence-corrected chi connectivity index (χ3v) is 6.77. The number of benzene rings is 3. The summed E-state index contributed by atoms with van der Waals surface area (Å²) in [4.78, 5) is 54.6. The van der Waals surface area contributed by atoms with E-state index in [2.05, 4.69) is 29.6 Å². The first-order valence-electron chi connectivity index (χ1n) is 12.2. The number of carbonyl (C=O) groups is 4. The third kappa shape index (κ3) is 4.70. The van der Waals surface area contributed by atoms with Crippen LogP contribution >= 0.6 is 0 Å². The minimum atomic E-state index is -0.685. The van der Waals surface area contributed by atoms with Gasteiger partial charge in [0.25, 0.3) is 11.8 Å². The number of hydrogen-bond acceptors (Lipinski definition) is 6. The molecule has 8 nitrogen and oxygen atoms in total. The van der Waals surface area contributed by atoms with Gasteiger partial charge in [0.05, 0.1) is 17.0 Å². The second kappa shape index (κ2) is 10.3. The molecule has 5 rings (SSSR count). The van der Waals surface area contributed by atoms with Crippen molar-refractivity contribution in [3.05, 3.63) is 95.1 Å². The zero-order valence-corrected chi connectivity index (χ0v) is 20.3. The molecule has 1 atom stereocenters. The van der Waals surface area contributed by atoms with Gasteiger partial charge in [-0.05, 0) is 47.2 Å². The lowest BCUT2D eigenvalue weighted by atomic mass is 9.98. The van der Waals surface area contributed by atoms with Crippen molar-refractivity contribution < 1.29 is 28.8 Å². The van der Waals surface area contributed by atoms with E-state index in [1.807, 2.05) is 24.3 Å². The molecular formula is C29H26N2O6. The Hall–Kier alpha value is -4.46. The molecule has 37 heavy (non-hydrogen) atoms. The molecule has 0 fully saturated rings. The maximum Gasteiger partial charge on any atom is 0.407 e. The molecule has 188 valence electrons. The Bertz CT molecular complexity index is 1300. The number of nitrogens with zero attached hydrogens (tertiary/aromatic N) is 1. The molecule has 1 heterocycles. The third-order valence-electron chi connectivity index (χ3n) is 6.77. The summed E-state index contributed by atoms with van der Waals surface area (Å²) in [6, 6.07) is 22.6. The van der Waals surface area contributed by atoms with Crippen molar-refractivity contribution in [3.8, 4) is 11.1 Å². The van der Waals surface area contributed by atoms with E-state index >= 15 is 0 Å². The van der Waals surface area contributed by atoms with Crippen molar-refractivity contribution in [1.29, 1.82) is 0 Å². The Morgan fingerprint density at radius 3 is 1.92 bits per heavy atom. The SMILES string of the molecule is CC(CCCNC(=O)OCC1c2ccccc2-c2ccccc21)C(=O)ON1C(=O)c2ccccc2C1=O. The van der Waals surface area contributed by atoms with Crippen molar-refractivity contribution in [2.45, 2.75) is 25.7 Å². The van der Waals surface area contributed by atoms with Crippen molar-refractivity contribution >= 4 is 23.9 Å². The van der Waals surface area contributed by atoms with Gasteiger partial charge in [-0.3, -0.25) is 9.59 Å². The second-order valence-corrected chi connectivity index (χ2v) is 9.16. The molecule has 1 N–H and O–H groups in total. The first kappa shape index (κ1) is 24.2. The van der Waals surface area contributed by atoms with Gasteiger partial charge in [0.1, 0.15) is 6.61 Å². The summed E-state index contributed by atoms with van der Waals surface area (Å²) >= 11 is 0. The minimum Gasteiger partial charge on any atom is -0.449 e. The highest BCUT2D eigenvalue weighted by atomic mass is 16.7. The number of alkyl carbamates (subject to hydrolysis) is 1. The van der Waals surface area contributed by atoms with Gasteiger partial charge in [0.2, 0.25) is 0 Å². The number of rotatable bonds is 8. The minimum absolute atomic E-state index is 0.0184. The summed E-state index contributed by atoms with van der Waals surface area (Å²) in [5.41, 5.74) is 5.02. The Morgan fingerprint density at radius 1 is 0.838 bits per heavy atom. The number of carbonyl (C=O) groups excluding carboxylic acids is 4. The van der Waals surface area contributed by atoms with E-state index in [0.29, 0.717) is 24.4 Å². The van der Waals surface area contributed by atoms with Gasteiger partial charge < -0.3 is 14.9 Å². The van der Waals surface area contributed by atoms with E-state index in [1.54, 1.807) is 19.1 Å². The number of amides is 3. The molecule has 1 aliphatic heterocycles. The second-order valence-electron chi connectivity index (χ2n) is 9.16. The molecule has 3 aromatic carbocycles. The highest BCUT2D eigenvalue weighted by Crippen LogP contribution is 2.44. The van der Waals surface area contributed by atoms with E-state index < -0.39 is 29.8 Å². The standard InChI is InChI=1S/C29H26N2O6/c1-18(28(34)37-31-26(32)23-14-6-7-15-24(23)27(31)33)9-8-16-30-29(35)36-17-25-21-12-4-2-10-19(21)20-11-3-5-13-22(20)25/h2-7,10-15,18,25H,8-9,16-17H2,1H3,(H,30,35). The van der Waals surface area contributed by atoms with Crippen LogP contribution in [0.3, 0.4) is 0 Å². The van der Waals surface area contributed by atoms with E-state index in [0.717, 1.165) is 22.3 Å². The van der Waals surface area contributed by atoms with Gasteiger partial charge in [0.15, 0.2) is 0 Å². The summed E-state index contributed by atoms with van der Waals surface area (Å²) < 4.78 is 5.51. The van der Waals surface area contributed by atoms with Crippen LogP contribution in [0.2, 0.25) is 0 Å². The van der Waals surface area contributed by atoms with Gasteiger partial charge in [-0.1, -0.05) is 72.7 Å². The molecule has 1 aliphatic carbocycles. The summed E-state index contributed by atoms with van der Waals surface area (Å²) in [7, 11) is 0. The summed E-state index contributed by atoms with van der Waals surface area (Å²) in [6.45, 7) is 2.18. The molecule has 0 spiro atoms. The zero-order chi connectivity index (χ0) is 25.9. The molecule has 0 saturated heterocycles. The number of hydrogen-bond donors (Lipinski definition) is 1. The van der Waals surface area contributed by atoms with Crippen LogP contribution in [0.4, 0.5) is 4.79 Å². The topological polar surface area (TPSA) is 102 Å². The van der Waals surface area contributed by atoms with Crippen LogP contribution in [0.15, 0.2) is 72.8 Å². The monoisotopic (exact) mass is 498 g/mol. The van der Waals surface area contributed by atoms with Crippen LogP contribution < -0.4 is 5.32 Å². The highest BCUT2D eigenvalue weighted by molar-refractivity contribution is 6.20. The largest absolute Gasteiger partial charge is 0.449 e. The van der Waals surface area contributed by atoms with E-state index in [4.69, 9.17) is 9.57 Å². The number of fused-ring (bicyclic) bond motifs is 4. The average molecular weight is 499 g/mol. The van der Waals surface area contributed by atoms with Crippen LogP contribution in [0, 0.1) is 5.92 Å². The summed E-state index contributed by atoms with van der Waals surface area (Å²) in [6.07, 6.45) is 0.358. The quantitative estimate of drug-likeness (QED) is 0.357. The molecular weight excluding hydrogens is 472 g/mol. The fourth-order valence-electron chi connectivity index (χ4n) is 4.80. The Labute approximate surface area is 214 Å². The molecule has 3 aromatic rings. The fraction of sp³-hybridized carbons (Fsp3) is 0.241. The molecule has 8 heteroatoms. The average Bonchev–Trinajstić information content (AvgIpc) is 3.37. The normalized spacial score (nSPS) is 14.6. The number of nitrogens with one attached hydrogen (secondary N) is 1. The van der Waals surface area contributed by atoms with Crippen LogP contribution in [0.5, 0.6) is 0 Å². The Morgan fingerprint density at radius 2 is 1.35 bits per heavy atom. The molecule has 1 unspecified atom stereocenters. The van der Waals surface area contributed by atoms with E-state index in [1.165, 1.54) is 12.1 Å². The molecule has 2 aliphatic rings. The summed E-state index contributed by atoms with van der Waals surface area (Å²) in [5, 5.41) is 3.23. The first-order chi connectivity index (χ1) is 18.0. The van der Waals surface area contributed by atoms with Crippen LogP contribution in [0.25, 0.3) is 11.1 Å². The number of hydroxylamine groups is 2. The van der Waals surface area contributed by atoms with Gasteiger partial charge in [-0.15, -0.1) is 0 Å². The van der Waals surface area contributed by atoms with Crippen LogP contribution in [0.1, 0.15) is 57.5 Å². The smallest absolute Gasteiger partial charge is 0.407 e. The van der Waals surface area contributed by atoms with Crippen molar-refractivity contribution in [2.24, 2.45) is 5.92 Å².